The Morgan fingerprint density at radius 3 is 2.62 bits per heavy atom. The van der Waals surface area contributed by atoms with Crippen molar-refractivity contribution in [3.63, 3.8) is 0 Å². The van der Waals surface area contributed by atoms with Crippen molar-refractivity contribution in [1.82, 2.24) is 0 Å². The maximum Gasteiger partial charge on any atom is 0.310 e. The van der Waals surface area contributed by atoms with Crippen LogP contribution in [0.4, 0.5) is 0 Å². The van der Waals surface area contributed by atoms with Crippen molar-refractivity contribution in [2.24, 2.45) is 0 Å². The van der Waals surface area contributed by atoms with Gasteiger partial charge < -0.3 is 4.74 Å². The summed E-state index contributed by atoms with van der Waals surface area (Å²) >= 11 is 0. The van der Waals surface area contributed by atoms with Crippen molar-refractivity contribution in [1.29, 1.82) is 0 Å². The van der Waals surface area contributed by atoms with Crippen molar-refractivity contribution in [3.8, 4) is 0 Å². The van der Waals surface area contributed by atoms with Crippen molar-refractivity contribution >= 4 is 5.97 Å². The van der Waals surface area contributed by atoms with Gasteiger partial charge in [0.15, 0.2) is 0 Å². The van der Waals surface area contributed by atoms with Gasteiger partial charge in [-0.3, -0.25) is 4.79 Å². The fraction of sp³-hybridized carbons (Fsp3) is 0.364. The van der Waals surface area contributed by atoms with Crippen LogP contribution >= 0.6 is 0 Å². The van der Waals surface area contributed by atoms with Crippen LogP contribution < -0.4 is 0 Å². The van der Waals surface area contributed by atoms with Crippen molar-refractivity contribution in [2.75, 3.05) is 0 Å². The molecule has 0 heterocycles. The van der Waals surface area contributed by atoms with E-state index in [2.05, 4.69) is 0 Å². The minimum atomic E-state index is -1.15. The Morgan fingerprint density at radius 2 is 2.08 bits per heavy atom. The summed E-state index contributed by atoms with van der Waals surface area (Å²) < 4.78 is 12.3. The molecule has 0 aliphatic carbocycles. The second-order valence-corrected chi connectivity index (χ2v) is 3.04. The molecule has 1 aromatic carbocycles. The van der Waals surface area contributed by atoms with E-state index in [1.165, 1.54) is 13.8 Å². The molecule has 1 rings (SSSR count). The van der Waals surface area contributed by atoms with E-state index in [1.54, 1.807) is 0 Å². The predicted molar refractivity (Wildman–Crippen MR) is 51.4 cm³/mol. The fourth-order valence-corrected chi connectivity index (χ4v) is 1.03. The lowest BCUT2D eigenvalue weighted by Crippen LogP contribution is -2.13. The molecule has 1 aromatic rings. The number of hydrogen-bond acceptors (Lipinski definition) is 2. The van der Waals surface area contributed by atoms with Gasteiger partial charge in [-0.05, 0) is 19.4 Å². The average Bonchev–Trinajstić information content (AvgIpc) is 2.02. The molecule has 0 aliphatic rings. The Morgan fingerprint density at radius 1 is 1.46 bits per heavy atom. The van der Waals surface area contributed by atoms with Gasteiger partial charge in [0.25, 0.3) is 0 Å². The summed E-state index contributed by atoms with van der Waals surface area (Å²) in [6, 6.07) is 9.35. The number of carbonyl (C=O) groups excluding carboxylic acids is 1. The second-order valence-electron chi connectivity index (χ2n) is 3.04. The Hall–Kier alpha value is -1.31. The first-order valence-corrected chi connectivity index (χ1v) is 4.23. The molecule has 0 saturated carbocycles. The maximum absolute atomic E-state index is 11.3. The van der Waals surface area contributed by atoms with E-state index in [9.17, 15) is 4.79 Å². The normalized spacial score (nSPS) is 12.0. The third kappa shape index (κ3) is 3.74. The van der Waals surface area contributed by atoms with Crippen LogP contribution in [0.3, 0.4) is 0 Å². The first-order valence-electron chi connectivity index (χ1n) is 4.73. The van der Waals surface area contributed by atoms with Crippen LogP contribution in [0.2, 0.25) is 0 Å². The van der Waals surface area contributed by atoms with Crippen LogP contribution in [-0.4, -0.2) is 12.0 Å². The molecule has 0 bridgehead atoms. The second kappa shape index (κ2) is 4.65. The molecule has 0 saturated heterocycles. The average molecular weight is 179 g/mol. The molecule has 0 unspecified atom stereocenters. The number of ether oxygens (including phenoxy) is 1. The lowest BCUT2D eigenvalue weighted by molar-refractivity contribution is -0.146. The van der Waals surface area contributed by atoms with Crippen LogP contribution in [0.15, 0.2) is 30.3 Å². The molecule has 2 nitrogen and oxygen atoms in total. The molecule has 0 amide bonds. The first kappa shape index (κ1) is 8.30. The minimum Gasteiger partial charge on any atom is -0.463 e. The number of rotatable bonds is 3. The third-order valence-corrected chi connectivity index (χ3v) is 1.51. The van der Waals surface area contributed by atoms with E-state index >= 15 is 0 Å². The summed E-state index contributed by atoms with van der Waals surface area (Å²) in [7, 11) is 0. The van der Waals surface area contributed by atoms with E-state index in [-0.39, 0.29) is 12.4 Å². The summed E-state index contributed by atoms with van der Waals surface area (Å²) in [5.41, 5.74) is 0.904. The van der Waals surface area contributed by atoms with Crippen LogP contribution in [-0.2, 0) is 16.0 Å². The lowest BCUT2D eigenvalue weighted by atomic mass is 10.2. The van der Waals surface area contributed by atoms with Crippen LogP contribution in [0.5, 0.6) is 0 Å². The molecule has 0 N–H and O–H groups in total. The number of esters is 1. The number of carbonyl (C=O) groups is 1. The lowest BCUT2D eigenvalue weighted by Gasteiger charge is -2.07. The van der Waals surface area contributed by atoms with Crippen LogP contribution in [0.1, 0.15) is 20.8 Å². The third-order valence-electron chi connectivity index (χ3n) is 1.51. The van der Waals surface area contributed by atoms with Crippen molar-refractivity contribution < 1.29 is 10.9 Å². The summed E-state index contributed by atoms with van der Waals surface area (Å²) in [6.45, 7) is 3.08. The van der Waals surface area contributed by atoms with E-state index < -0.39 is 6.08 Å². The summed E-state index contributed by atoms with van der Waals surface area (Å²) in [5.74, 6) is -0.365. The Balaban J connectivity index is 2.50. The summed E-state index contributed by atoms with van der Waals surface area (Å²) in [6.07, 6.45) is -0.922. The zero-order chi connectivity index (χ0) is 10.6. The van der Waals surface area contributed by atoms with Gasteiger partial charge in [0.2, 0.25) is 0 Å². The van der Waals surface area contributed by atoms with E-state index in [0.29, 0.717) is 0 Å². The highest BCUT2D eigenvalue weighted by molar-refractivity contribution is 5.72. The smallest absolute Gasteiger partial charge is 0.310 e. The molecule has 0 radical (unpaired) electrons. The van der Waals surface area contributed by atoms with Gasteiger partial charge in [-0.25, -0.2) is 0 Å². The monoisotopic (exact) mass is 179 g/mol. The van der Waals surface area contributed by atoms with Gasteiger partial charge in [0.05, 0.1) is 13.9 Å². The molecule has 0 aliphatic heterocycles. The Bertz CT molecular complexity index is 301. The van der Waals surface area contributed by atoms with Crippen molar-refractivity contribution in [3.05, 3.63) is 35.9 Å². The van der Waals surface area contributed by atoms with E-state index in [4.69, 9.17) is 6.11 Å². The predicted octanol–water partition coefficient (Wildman–Crippen LogP) is 2.18. The highest BCUT2D eigenvalue weighted by atomic mass is 16.5. The fourth-order valence-electron chi connectivity index (χ4n) is 1.03. The standard InChI is InChI=1S/C11H14O2/c1-9(2)13-11(12)8-10-6-4-3-5-7-10/h3-7,9H,8H2,1-2H3/i9D. The van der Waals surface area contributed by atoms with Crippen LogP contribution in [0.25, 0.3) is 0 Å². The molecule has 70 valence electrons. The van der Waals surface area contributed by atoms with Gasteiger partial charge in [-0.15, -0.1) is 0 Å². The van der Waals surface area contributed by atoms with E-state index in [1.807, 2.05) is 30.3 Å². The highest BCUT2D eigenvalue weighted by Crippen LogP contribution is 2.01. The molecular formula is C11H14O2. The highest BCUT2D eigenvalue weighted by Gasteiger charge is 2.05. The zero-order valence-electron chi connectivity index (χ0n) is 8.91. The van der Waals surface area contributed by atoms with Crippen molar-refractivity contribution in [2.45, 2.75) is 26.3 Å². The molecule has 0 aromatic heterocycles. The van der Waals surface area contributed by atoms with Gasteiger partial charge in [-0.2, -0.15) is 0 Å². The topological polar surface area (TPSA) is 26.3 Å². The SMILES string of the molecule is [2H]C(C)(C)OC(=O)Cc1ccccc1. The molecule has 13 heavy (non-hydrogen) atoms. The Kier molecular flexibility index (Phi) is 2.97. The van der Waals surface area contributed by atoms with E-state index in [0.717, 1.165) is 5.56 Å². The molecule has 0 spiro atoms. The molecule has 2 heteroatoms. The summed E-state index contributed by atoms with van der Waals surface area (Å²) in [4.78, 5) is 11.3. The quantitative estimate of drug-likeness (QED) is 0.665. The van der Waals surface area contributed by atoms with Gasteiger partial charge in [-0.1, -0.05) is 30.3 Å². The largest absolute Gasteiger partial charge is 0.463 e. The van der Waals surface area contributed by atoms with Gasteiger partial charge >= 0.3 is 5.97 Å². The Labute approximate surface area is 79.9 Å². The van der Waals surface area contributed by atoms with Gasteiger partial charge in [0.1, 0.15) is 0 Å². The number of hydrogen-bond donors (Lipinski definition) is 0. The molecular weight excluding hydrogens is 164 g/mol. The molecule has 0 atom stereocenters. The first-order chi connectivity index (χ1) is 6.47. The zero-order valence-corrected chi connectivity index (χ0v) is 7.91. The number of benzene rings is 1. The summed E-state index contributed by atoms with van der Waals surface area (Å²) in [5, 5.41) is 0. The minimum absolute atomic E-state index is 0.225. The van der Waals surface area contributed by atoms with Gasteiger partial charge in [0, 0.05) is 0 Å². The molecule has 0 fully saturated rings. The maximum atomic E-state index is 11.3. The van der Waals surface area contributed by atoms with Crippen LogP contribution in [0, 0.1) is 0 Å².